The van der Waals surface area contributed by atoms with Gasteiger partial charge in [-0.25, -0.2) is 4.79 Å². The van der Waals surface area contributed by atoms with Gasteiger partial charge >= 0.3 is 5.97 Å². The minimum atomic E-state index is -0.890. The first kappa shape index (κ1) is 11.9. The second-order valence-electron chi connectivity index (χ2n) is 3.84. The molecule has 1 N–H and O–H groups in total. The van der Waals surface area contributed by atoms with Crippen LogP contribution in [0.3, 0.4) is 0 Å². The van der Waals surface area contributed by atoms with Crippen LogP contribution in [0.25, 0.3) is 0 Å². The molecule has 90 valence electrons. The predicted octanol–water partition coefficient (Wildman–Crippen LogP) is 1.21. The molecule has 2 heterocycles. The average Bonchev–Trinajstić information content (AvgIpc) is 2.72. The minimum Gasteiger partial charge on any atom is -0.506 e. The number of aromatic nitrogens is 1. The smallest absolute Gasteiger partial charge is 0.334 e. The lowest BCUT2D eigenvalue weighted by atomic mass is 10.1. The first-order chi connectivity index (χ1) is 8.07. The third-order valence-corrected chi connectivity index (χ3v) is 3.72. The maximum atomic E-state index is 11.6. The lowest BCUT2D eigenvalue weighted by Crippen LogP contribution is -2.34. The number of aliphatic imine (C=N–C) groups is 1. The van der Waals surface area contributed by atoms with Crippen LogP contribution < -0.4 is 0 Å². The summed E-state index contributed by atoms with van der Waals surface area (Å²) in [6.45, 7) is 1.71. The summed E-state index contributed by atoms with van der Waals surface area (Å²) in [5.74, 6) is 0.175. The van der Waals surface area contributed by atoms with Crippen molar-refractivity contribution in [1.82, 2.24) is 4.98 Å². The van der Waals surface area contributed by atoms with Crippen LogP contribution in [-0.4, -0.2) is 39.5 Å². The van der Waals surface area contributed by atoms with Gasteiger partial charge in [0.1, 0.15) is 16.5 Å². The number of aromatic hydroxyl groups is 1. The number of thioether (sulfide) groups is 1. The fraction of sp³-hybridized carbons (Fsp3) is 0.364. The summed E-state index contributed by atoms with van der Waals surface area (Å²) in [5.41, 5.74) is -0.483. The van der Waals surface area contributed by atoms with E-state index >= 15 is 0 Å². The van der Waals surface area contributed by atoms with Gasteiger partial charge in [-0.05, 0) is 19.1 Å². The standard InChI is InChI=1S/C11H12N2O3S/c1-11(10(15)16-2)6-17-9(13-11)8-7(14)4-3-5-12-8/h3-5,14H,6H2,1-2H3. The van der Waals surface area contributed by atoms with Gasteiger partial charge in [0.25, 0.3) is 0 Å². The van der Waals surface area contributed by atoms with Crippen molar-refractivity contribution < 1.29 is 14.6 Å². The Balaban J connectivity index is 2.35. The number of esters is 1. The molecule has 0 bridgehead atoms. The number of hydrogen-bond donors (Lipinski definition) is 1. The quantitative estimate of drug-likeness (QED) is 0.801. The van der Waals surface area contributed by atoms with Crippen LogP contribution in [0, 0.1) is 0 Å². The summed E-state index contributed by atoms with van der Waals surface area (Å²) in [6.07, 6.45) is 1.58. The Labute approximate surface area is 103 Å². The van der Waals surface area contributed by atoms with E-state index in [1.807, 2.05) is 0 Å². The largest absolute Gasteiger partial charge is 0.506 e. The molecule has 1 unspecified atom stereocenters. The lowest BCUT2D eigenvalue weighted by Gasteiger charge is -2.15. The molecular formula is C11H12N2O3S. The molecule has 1 aliphatic heterocycles. The van der Waals surface area contributed by atoms with Gasteiger partial charge < -0.3 is 9.84 Å². The second-order valence-corrected chi connectivity index (χ2v) is 4.81. The van der Waals surface area contributed by atoms with Crippen LogP contribution in [0.2, 0.25) is 0 Å². The zero-order chi connectivity index (χ0) is 12.5. The van der Waals surface area contributed by atoms with Gasteiger partial charge in [0, 0.05) is 11.9 Å². The molecule has 0 saturated heterocycles. The zero-order valence-corrected chi connectivity index (χ0v) is 10.3. The van der Waals surface area contributed by atoms with E-state index in [4.69, 9.17) is 4.74 Å². The van der Waals surface area contributed by atoms with Crippen molar-refractivity contribution in [3.8, 4) is 5.75 Å². The number of ether oxygens (including phenoxy) is 1. The SMILES string of the molecule is COC(=O)C1(C)CSC(c2ncccc2O)=N1. The number of hydrogen-bond acceptors (Lipinski definition) is 6. The number of pyridine rings is 1. The molecule has 1 aromatic rings. The maximum Gasteiger partial charge on any atom is 0.334 e. The number of carbonyl (C=O) groups excluding carboxylic acids is 1. The highest BCUT2D eigenvalue weighted by Crippen LogP contribution is 2.33. The van der Waals surface area contributed by atoms with E-state index in [1.165, 1.54) is 18.9 Å². The van der Waals surface area contributed by atoms with Gasteiger partial charge in [-0.15, -0.1) is 11.8 Å². The van der Waals surface area contributed by atoms with Crippen molar-refractivity contribution in [3.05, 3.63) is 24.0 Å². The summed E-state index contributed by atoms with van der Waals surface area (Å²) in [7, 11) is 1.34. The van der Waals surface area contributed by atoms with Gasteiger partial charge in [-0.1, -0.05) is 0 Å². The van der Waals surface area contributed by atoms with Crippen LogP contribution in [0.1, 0.15) is 12.6 Å². The summed E-state index contributed by atoms with van der Waals surface area (Å²) >= 11 is 1.39. The first-order valence-corrected chi connectivity index (χ1v) is 6.01. The van der Waals surface area contributed by atoms with Crippen molar-refractivity contribution >= 4 is 22.8 Å². The van der Waals surface area contributed by atoms with E-state index in [-0.39, 0.29) is 11.7 Å². The molecule has 0 aliphatic carbocycles. The van der Waals surface area contributed by atoms with E-state index < -0.39 is 5.54 Å². The van der Waals surface area contributed by atoms with Crippen molar-refractivity contribution in [2.75, 3.05) is 12.9 Å². The Morgan fingerprint density at radius 1 is 1.65 bits per heavy atom. The Kier molecular flexibility index (Phi) is 3.06. The monoisotopic (exact) mass is 252 g/mol. The molecule has 1 aromatic heterocycles. The lowest BCUT2D eigenvalue weighted by molar-refractivity contribution is -0.145. The van der Waals surface area contributed by atoms with Crippen LogP contribution in [0.4, 0.5) is 0 Å². The third-order valence-electron chi connectivity index (χ3n) is 2.45. The number of carbonyl (C=O) groups is 1. The summed E-state index contributed by atoms with van der Waals surface area (Å²) < 4.78 is 4.71. The summed E-state index contributed by atoms with van der Waals surface area (Å²) in [5, 5.41) is 10.2. The Bertz CT molecular complexity index is 489. The zero-order valence-electron chi connectivity index (χ0n) is 9.51. The maximum absolute atomic E-state index is 11.6. The number of nitrogens with zero attached hydrogens (tertiary/aromatic N) is 2. The highest BCUT2D eigenvalue weighted by Gasteiger charge is 2.40. The molecule has 0 spiro atoms. The molecule has 1 aliphatic rings. The molecule has 0 fully saturated rings. The van der Waals surface area contributed by atoms with Crippen LogP contribution in [0.15, 0.2) is 23.3 Å². The molecule has 5 nitrogen and oxygen atoms in total. The highest BCUT2D eigenvalue weighted by molar-refractivity contribution is 8.14. The Morgan fingerprint density at radius 2 is 2.41 bits per heavy atom. The van der Waals surface area contributed by atoms with E-state index in [9.17, 15) is 9.90 Å². The van der Waals surface area contributed by atoms with E-state index in [0.717, 1.165) is 0 Å². The molecule has 0 saturated carbocycles. The van der Waals surface area contributed by atoms with Crippen molar-refractivity contribution in [3.63, 3.8) is 0 Å². The van der Waals surface area contributed by atoms with Gasteiger partial charge in [0.05, 0.1) is 7.11 Å². The number of rotatable bonds is 2. The molecule has 0 radical (unpaired) electrons. The fourth-order valence-corrected chi connectivity index (χ4v) is 2.67. The van der Waals surface area contributed by atoms with E-state index in [0.29, 0.717) is 16.5 Å². The molecule has 6 heteroatoms. The second kappa shape index (κ2) is 4.37. The molecule has 2 rings (SSSR count). The van der Waals surface area contributed by atoms with Gasteiger partial charge in [-0.3, -0.25) is 9.98 Å². The number of methoxy groups -OCH3 is 1. The molecular weight excluding hydrogens is 240 g/mol. The van der Waals surface area contributed by atoms with Crippen molar-refractivity contribution in [2.45, 2.75) is 12.5 Å². The van der Waals surface area contributed by atoms with E-state index in [1.54, 1.807) is 25.3 Å². The molecule has 0 amide bonds. The normalized spacial score (nSPS) is 23.3. The molecule has 1 atom stereocenters. The molecule has 17 heavy (non-hydrogen) atoms. The van der Waals surface area contributed by atoms with Crippen LogP contribution in [-0.2, 0) is 9.53 Å². The topological polar surface area (TPSA) is 71.8 Å². The van der Waals surface area contributed by atoms with Gasteiger partial charge in [-0.2, -0.15) is 0 Å². The minimum absolute atomic E-state index is 0.0628. The summed E-state index contributed by atoms with van der Waals surface area (Å²) in [6, 6.07) is 3.18. The van der Waals surface area contributed by atoms with Gasteiger partial charge in [0.15, 0.2) is 5.54 Å². The van der Waals surface area contributed by atoms with Crippen LogP contribution >= 0.6 is 11.8 Å². The Morgan fingerprint density at radius 3 is 3.06 bits per heavy atom. The Hall–Kier alpha value is -1.56. The van der Waals surface area contributed by atoms with Crippen molar-refractivity contribution in [1.29, 1.82) is 0 Å². The fourth-order valence-electron chi connectivity index (χ4n) is 1.50. The highest BCUT2D eigenvalue weighted by atomic mass is 32.2. The van der Waals surface area contributed by atoms with Crippen molar-refractivity contribution in [2.24, 2.45) is 4.99 Å². The molecule has 0 aromatic carbocycles. The summed E-state index contributed by atoms with van der Waals surface area (Å²) in [4.78, 5) is 19.9. The van der Waals surface area contributed by atoms with Crippen LogP contribution in [0.5, 0.6) is 5.75 Å². The van der Waals surface area contributed by atoms with Gasteiger partial charge in [0.2, 0.25) is 0 Å². The van der Waals surface area contributed by atoms with E-state index in [2.05, 4.69) is 9.98 Å². The predicted molar refractivity (Wildman–Crippen MR) is 65.3 cm³/mol. The average molecular weight is 252 g/mol. The third kappa shape index (κ3) is 2.12. The first-order valence-electron chi connectivity index (χ1n) is 5.02.